The van der Waals surface area contributed by atoms with Gasteiger partial charge in [-0.25, -0.2) is 13.4 Å². The summed E-state index contributed by atoms with van der Waals surface area (Å²) in [7, 11) is -3.61. The molecule has 0 unspecified atom stereocenters. The summed E-state index contributed by atoms with van der Waals surface area (Å²) in [5, 5.41) is 2.61. The molecule has 2 heterocycles. The lowest BCUT2D eigenvalue weighted by atomic mass is 10.3. The quantitative estimate of drug-likeness (QED) is 0.773. The van der Waals surface area contributed by atoms with Gasteiger partial charge >= 0.3 is 0 Å². The Balaban J connectivity index is 1.69. The number of pyridine rings is 1. The van der Waals surface area contributed by atoms with Crippen molar-refractivity contribution in [2.75, 3.05) is 18.4 Å². The molecule has 1 amide bonds. The first-order chi connectivity index (χ1) is 12.4. The van der Waals surface area contributed by atoms with Gasteiger partial charge < -0.3 is 10.1 Å². The van der Waals surface area contributed by atoms with Crippen LogP contribution in [0.1, 0.15) is 13.3 Å². The molecule has 1 saturated heterocycles. The zero-order chi connectivity index (χ0) is 18.7. The van der Waals surface area contributed by atoms with Crippen LogP contribution < -0.4 is 10.1 Å². The fourth-order valence-corrected chi connectivity index (χ4v) is 4.53. The van der Waals surface area contributed by atoms with Crippen LogP contribution in [0.4, 0.5) is 5.69 Å². The first-order valence-corrected chi connectivity index (χ1v) is 10.2. The second-order valence-corrected chi connectivity index (χ2v) is 8.68. The number of sulfonamides is 1. The number of ether oxygens (including phenoxy) is 1. The summed E-state index contributed by atoms with van der Waals surface area (Å²) in [6.07, 6.45) is 1.96. The maximum Gasteiger partial charge on any atom is 0.243 e. The van der Waals surface area contributed by atoms with E-state index in [2.05, 4.69) is 26.2 Å². The van der Waals surface area contributed by atoms with Crippen molar-refractivity contribution in [3.63, 3.8) is 0 Å². The molecule has 0 aliphatic carbocycles. The van der Waals surface area contributed by atoms with Crippen molar-refractivity contribution >= 4 is 37.5 Å². The number of carbonyl (C=O) groups excluding carboxylic acids is 1. The summed E-state index contributed by atoms with van der Waals surface area (Å²) in [4.78, 5) is 15.4. The average Bonchev–Trinajstić information content (AvgIpc) is 3.06. The molecule has 1 N–H and O–H groups in total. The van der Waals surface area contributed by atoms with Crippen LogP contribution in [0.2, 0.25) is 0 Å². The van der Waals surface area contributed by atoms with E-state index >= 15 is 0 Å². The fourth-order valence-electron chi connectivity index (χ4n) is 2.69. The van der Waals surface area contributed by atoms with Gasteiger partial charge in [0.1, 0.15) is 6.10 Å². The van der Waals surface area contributed by atoms with Crippen LogP contribution in [0.5, 0.6) is 5.88 Å². The molecule has 2 aromatic rings. The fraction of sp³-hybridized carbons (Fsp3) is 0.294. The van der Waals surface area contributed by atoms with Crippen LogP contribution in [-0.4, -0.2) is 42.8 Å². The van der Waals surface area contributed by atoms with Gasteiger partial charge in [-0.05, 0) is 58.7 Å². The largest absolute Gasteiger partial charge is 0.472 e. The zero-order valence-electron chi connectivity index (χ0n) is 14.1. The molecule has 0 bridgehead atoms. The lowest BCUT2D eigenvalue weighted by Gasteiger charge is -2.17. The maximum absolute atomic E-state index is 12.8. The highest BCUT2D eigenvalue weighted by atomic mass is 79.9. The lowest BCUT2D eigenvalue weighted by Crippen LogP contribution is -2.31. The van der Waals surface area contributed by atoms with Gasteiger partial charge in [-0.2, -0.15) is 4.31 Å². The number of rotatable bonds is 5. The minimum Gasteiger partial charge on any atom is -0.472 e. The summed E-state index contributed by atoms with van der Waals surface area (Å²) in [6, 6.07) is 9.73. The highest BCUT2D eigenvalue weighted by molar-refractivity contribution is 9.10. The molecule has 1 atom stereocenters. The van der Waals surface area contributed by atoms with Gasteiger partial charge in [-0.3, -0.25) is 4.79 Å². The Morgan fingerprint density at radius 3 is 2.69 bits per heavy atom. The minimum atomic E-state index is -3.61. The van der Waals surface area contributed by atoms with Gasteiger partial charge in [0.05, 0.1) is 15.9 Å². The van der Waals surface area contributed by atoms with E-state index in [1.165, 1.54) is 23.4 Å². The molecule has 0 spiro atoms. The van der Waals surface area contributed by atoms with Crippen molar-refractivity contribution in [1.82, 2.24) is 9.29 Å². The van der Waals surface area contributed by atoms with Gasteiger partial charge in [-0.15, -0.1) is 0 Å². The molecule has 1 fully saturated rings. The number of hydrogen-bond donors (Lipinski definition) is 1. The van der Waals surface area contributed by atoms with E-state index in [0.29, 0.717) is 24.5 Å². The van der Waals surface area contributed by atoms with E-state index in [0.717, 1.165) is 4.47 Å². The first kappa shape index (κ1) is 18.8. The lowest BCUT2D eigenvalue weighted by molar-refractivity contribution is -0.114. The Kier molecular flexibility index (Phi) is 5.59. The van der Waals surface area contributed by atoms with E-state index in [9.17, 15) is 13.2 Å². The molecule has 138 valence electrons. The standard InChI is InChI=1S/C17H18BrN3O4S/c1-12(22)20-13-4-6-15(7-5-13)26(23,24)21-10-8-14(11-21)25-17-16(18)3-2-9-19-17/h2-7,9,14H,8,10-11H2,1H3,(H,20,22)/t14-/m1/s1. The molecule has 1 aromatic carbocycles. The Bertz CT molecular complexity index is 902. The van der Waals surface area contributed by atoms with Crippen molar-refractivity contribution in [3.05, 3.63) is 47.1 Å². The normalized spacial score (nSPS) is 17.8. The Morgan fingerprint density at radius 2 is 2.04 bits per heavy atom. The molecular formula is C17H18BrN3O4S. The Hall–Kier alpha value is -1.97. The Labute approximate surface area is 160 Å². The minimum absolute atomic E-state index is 0.186. The van der Waals surface area contributed by atoms with Crippen LogP contribution in [0.15, 0.2) is 52.0 Å². The van der Waals surface area contributed by atoms with Crippen molar-refractivity contribution in [2.45, 2.75) is 24.3 Å². The number of carbonyl (C=O) groups is 1. The number of aromatic nitrogens is 1. The molecule has 0 radical (unpaired) electrons. The second kappa shape index (κ2) is 7.73. The summed E-state index contributed by atoms with van der Waals surface area (Å²) < 4.78 is 33.5. The van der Waals surface area contributed by atoms with Crippen molar-refractivity contribution in [3.8, 4) is 5.88 Å². The van der Waals surface area contributed by atoms with E-state index in [-0.39, 0.29) is 23.5 Å². The van der Waals surface area contributed by atoms with Crippen LogP contribution in [-0.2, 0) is 14.8 Å². The number of anilines is 1. The highest BCUT2D eigenvalue weighted by Gasteiger charge is 2.34. The van der Waals surface area contributed by atoms with Gasteiger partial charge in [0.25, 0.3) is 0 Å². The summed E-state index contributed by atoms with van der Waals surface area (Å²) in [6.45, 7) is 2.04. The number of amides is 1. The zero-order valence-corrected chi connectivity index (χ0v) is 16.5. The molecule has 9 heteroatoms. The number of nitrogens with one attached hydrogen (secondary N) is 1. The predicted octanol–water partition coefficient (Wildman–Crippen LogP) is 2.64. The number of benzene rings is 1. The van der Waals surface area contributed by atoms with Gasteiger partial charge in [0.2, 0.25) is 21.8 Å². The third-order valence-corrected chi connectivity index (χ3v) is 6.41. The van der Waals surface area contributed by atoms with E-state index < -0.39 is 10.0 Å². The third-order valence-electron chi connectivity index (χ3n) is 3.92. The molecule has 3 rings (SSSR count). The number of nitrogens with zero attached hydrogens (tertiary/aromatic N) is 2. The monoisotopic (exact) mass is 439 g/mol. The molecule has 7 nitrogen and oxygen atoms in total. The first-order valence-electron chi connectivity index (χ1n) is 8.01. The van der Waals surface area contributed by atoms with Crippen LogP contribution in [0.25, 0.3) is 0 Å². The molecule has 1 aromatic heterocycles. The smallest absolute Gasteiger partial charge is 0.243 e. The maximum atomic E-state index is 12.8. The third kappa shape index (κ3) is 4.22. The predicted molar refractivity (Wildman–Crippen MR) is 100 cm³/mol. The summed E-state index contributed by atoms with van der Waals surface area (Å²) in [5.41, 5.74) is 0.555. The van der Waals surface area contributed by atoms with Crippen molar-refractivity contribution in [2.24, 2.45) is 0 Å². The van der Waals surface area contributed by atoms with Crippen molar-refractivity contribution < 1.29 is 17.9 Å². The molecule has 26 heavy (non-hydrogen) atoms. The van der Waals surface area contributed by atoms with Gasteiger partial charge in [0.15, 0.2) is 0 Å². The Morgan fingerprint density at radius 1 is 1.31 bits per heavy atom. The molecular weight excluding hydrogens is 422 g/mol. The summed E-state index contributed by atoms with van der Waals surface area (Å²) in [5.74, 6) is 0.247. The SMILES string of the molecule is CC(=O)Nc1ccc(S(=O)(=O)N2CC[C@@H](Oc3ncccc3Br)C2)cc1. The number of halogens is 1. The summed E-state index contributed by atoms with van der Waals surface area (Å²) >= 11 is 3.37. The van der Waals surface area contributed by atoms with Crippen LogP contribution in [0, 0.1) is 0 Å². The second-order valence-electron chi connectivity index (χ2n) is 5.89. The topological polar surface area (TPSA) is 88.6 Å². The van der Waals surface area contributed by atoms with Crippen LogP contribution in [0.3, 0.4) is 0 Å². The van der Waals surface area contributed by atoms with Gasteiger partial charge in [-0.1, -0.05) is 0 Å². The average molecular weight is 440 g/mol. The highest BCUT2D eigenvalue weighted by Crippen LogP contribution is 2.27. The van der Waals surface area contributed by atoms with E-state index in [1.54, 1.807) is 24.4 Å². The van der Waals surface area contributed by atoms with Crippen molar-refractivity contribution in [1.29, 1.82) is 0 Å². The van der Waals surface area contributed by atoms with E-state index in [1.807, 2.05) is 6.07 Å². The molecule has 1 aliphatic heterocycles. The molecule has 0 saturated carbocycles. The molecule has 1 aliphatic rings. The number of hydrogen-bond acceptors (Lipinski definition) is 5. The van der Waals surface area contributed by atoms with Gasteiger partial charge in [0, 0.05) is 25.4 Å². The van der Waals surface area contributed by atoms with E-state index in [4.69, 9.17) is 4.74 Å². The van der Waals surface area contributed by atoms with Crippen LogP contribution >= 0.6 is 15.9 Å².